The first-order valence-corrected chi connectivity index (χ1v) is 36.0. The van der Waals surface area contributed by atoms with Crippen molar-refractivity contribution in [3.05, 3.63) is 138 Å². The fraction of sp³-hybridized carbons (Fsp3) is 0.443. The number of ketones is 2. The first-order valence-electron chi connectivity index (χ1n) is 31.9. The molecule has 6 atom stereocenters. The highest BCUT2D eigenvalue weighted by Crippen LogP contribution is 2.32. The third kappa shape index (κ3) is 23.8. The van der Waals surface area contributed by atoms with Crippen LogP contribution in [0.4, 0.5) is 51.6 Å². The van der Waals surface area contributed by atoms with E-state index in [9.17, 15) is 27.2 Å². The third-order valence-electron chi connectivity index (χ3n) is 15.9. The van der Waals surface area contributed by atoms with Crippen molar-refractivity contribution in [2.45, 2.75) is 89.3 Å². The van der Waals surface area contributed by atoms with Crippen LogP contribution in [-0.4, -0.2) is 199 Å². The second-order valence-corrected chi connectivity index (χ2v) is 28.9. The molecule has 12 heterocycles. The minimum absolute atomic E-state index is 0.0298. The Morgan fingerprint density at radius 1 is 0.476 bits per heavy atom. The van der Waals surface area contributed by atoms with Gasteiger partial charge in [0.1, 0.15) is 48.7 Å². The average Bonchev–Trinajstić information content (AvgIpc) is 1.80. The Bertz CT molecular complexity index is 4010. The molecule has 4 aliphatic heterocycles. The number of hydrogen-bond donors (Lipinski definition) is 3. The summed E-state index contributed by atoms with van der Waals surface area (Å²) in [5.74, 6) is 3.42. The van der Waals surface area contributed by atoms with Gasteiger partial charge in [-0.25, -0.2) is 19.9 Å². The number of halogens is 5. The number of nitrogens with two attached hydrogens (primary N) is 3. The molecule has 103 heavy (non-hydrogen) atoms. The average molecular weight is 1560 g/mol. The van der Waals surface area contributed by atoms with Gasteiger partial charge in [-0.15, -0.1) is 83.9 Å². The van der Waals surface area contributed by atoms with Crippen LogP contribution in [0.2, 0.25) is 0 Å². The molecule has 0 amide bonds. The summed E-state index contributed by atoms with van der Waals surface area (Å²) < 4.78 is 70.2. The van der Waals surface area contributed by atoms with Crippen molar-refractivity contribution in [1.82, 2.24) is 102 Å². The maximum atomic E-state index is 12.8. The van der Waals surface area contributed by atoms with E-state index in [2.05, 4.69) is 147 Å². The highest BCUT2D eigenvalue weighted by Gasteiger charge is 2.31. The molecule has 0 bridgehead atoms. The lowest BCUT2D eigenvalue weighted by Crippen LogP contribution is -2.27. The number of Topliss-reactive ketones (excluding diaryl/α,β-unsaturated/α-hetero) is 2. The van der Waals surface area contributed by atoms with Crippen molar-refractivity contribution < 1.29 is 46.1 Å². The smallest absolute Gasteiger partial charge is 0.387 e. The largest absolute Gasteiger partial charge is 0.435 e. The van der Waals surface area contributed by atoms with Gasteiger partial charge in [0.25, 0.3) is 0 Å². The topological polar surface area (TPSA) is 420 Å². The molecule has 0 saturated carbocycles. The Morgan fingerprint density at radius 2 is 0.835 bits per heavy atom. The molecule has 0 radical (unpaired) electrons. The van der Waals surface area contributed by atoms with Crippen molar-refractivity contribution >= 4 is 107 Å². The van der Waals surface area contributed by atoms with Crippen LogP contribution in [0.15, 0.2) is 102 Å². The second kappa shape index (κ2) is 38.7. The lowest BCUT2D eigenvalue weighted by Gasteiger charge is -2.15. The maximum absolute atomic E-state index is 12.8. The van der Waals surface area contributed by atoms with Gasteiger partial charge >= 0.3 is 13.2 Å². The van der Waals surface area contributed by atoms with E-state index in [1.54, 1.807) is 61.7 Å². The van der Waals surface area contributed by atoms with Gasteiger partial charge in [-0.3, -0.25) is 9.59 Å². The van der Waals surface area contributed by atoms with E-state index < -0.39 is 25.4 Å². The number of rotatable bonds is 24. The molecule has 8 aromatic heterocycles. The minimum Gasteiger partial charge on any atom is -0.435 e. The molecule has 4 saturated heterocycles. The van der Waals surface area contributed by atoms with Crippen molar-refractivity contribution in [3.8, 4) is 11.5 Å². The number of alkyl halides is 4. The summed E-state index contributed by atoms with van der Waals surface area (Å²) in [6.45, 7) is 1.11. The number of anilines is 6. The van der Waals surface area contributed by atoms with Crippen LogP contribution >= 0.6 is 61.3 Å². The first-order chi connectivity index (χ1) is 50.0. The van der Waals surface area contributed by atoms with E-state index in [0.717, 1.165) is 116 Å². The molecular weight excluding hydrogens is 1490 g/mol. The summed E-state index contributed by atoms with van der Waals surface area (Å²) in [6, 6.07) is 12.1. The lowest BCUT2D eigenvalue weighted by atomic mass is 10.0. The Hall–Kier alpha value is -9.46. The van der Waals surface area contributed by atoms with E-state index in [-0.39, 0.29) is 41.9 Å². The molecule has 33 nitrogen and oxygen atoms in total. The molecule has 10 aromatic rings. The van der Waals surface area contributed by atoms with Gasteiger partial charge in [-0.1, -0.05) is 46.9 Å². The number of benzene rings is 2. The van der Waals surface area contributed by atoms with Crippen molar-refractivity contribution in [3.63, 3.8) is 0 Å². The summed E-state index contributed by atoms with van der Waals surface area (Å²) in [5, 5.41) is 68.1. The number of carbonyl (C=O) groups excluding carboxylic acids is 2. The number of nitrogens with zero attached hydrogens (tertiary/aromatic N) is 24. The van der Waals surface area contributed by atoms with Gasteiger partial charge in [0.05, 0.1) is 62.4 Å². The van der Waals surface area contributed by atoms with Crippen molar-refractivity contribution in [2.75, 3.05) is 97.6 Å². The number of nitrogen functional groups attached to an aromatic ring is 2. The van der Waals surface area contributed by atoms with Crippen molar-refractivity contribution in [2.24, 2.45) is 23.5 Å². The zero-order chi connectivity index (χ0) is 72.5. The number of carbonyl (C=O) groups is 2. The fourth-order valence-corrected chi connectivity index (χ4v) is 14.9. The van der Waals surface area contributed by atoms with Crippen LogP contribution in [0, 0.1) is 17.8 Å². The standard InChI is InChI=1S/2C21H22F2N6O3S.C10H13N7S.C7H11N5.C2H2BrN3S/c2*1-31-19(14-3-2-4-15(10-14)32-20(22)23)16(30)11-18-27-26-17(33-18)9-13-5-8-29(12-13)21-24-6-7-25-28-21;11-9-15-14-8(18-9)5-7-1-4-17(6-7)10-12-2-3-13-16-10;8-6-1-4-12(5-6)7-9-2-3-10-11-7;3-1-5-6-2(4)7-1/h2*2-4,6-7,10,13,19-20H,5,8-9,11-12H2,1H3;2-3,7H,1,4-6H2,(H2,11,15);2-3,6H,1,4-5,8H2;(H2,4,6)/t13-,19+;13-,19-;7-;6-;/m0001./s1. The first kappa shape index (κ1) is 76.2. The Kier molecular flexibility index (Phi) is 28.6. The third-order valence-corrected chi connectivity index (χ3v) is 19.7. The minimum atomic E-state index is -2.94. The number of methoxy groups -OCH3 is 2. The highest BCUT2D eigenvalue weighted by molar-refractivity contribution is 9.11. The molecule has 2 aromatic carbocycles. The molecule has 544 valence electrons. The Morgan fingerprint density at radius 3 is 1.15 bits per heavy atom. The highest BCUT2D eigenvalue weighted by atomic mass is 79.9. The van der Waals surface area contributed by atoms with Gasteiger partial charge in [-0.05, 0) is 94.8 Å². The SMILES string of the molecule is CO[C@@H](C(=O)Cc1nnc(C[C@@H]2CCN(c3nccnn3)C2)s1)c1cccc(OC(F)F)c1.CO[C@H](C(=O)Cc1nnc(C[C@@H]2CCN(c3nccnn3)C2)s1)c1cccc(OC(F)F)c1.N[C@@H]1CCN(c2nccnn2)C1.Nc1nnc(Br)s1.Nc1nnc(C[C@@H]2CCN(c3nccnn3)C2)s1. The summed E-state index contributed by atoms with van der Waals surface area (Å²) in [6.07, 6.45) is 17.6. The van der Waals surface area contributed by atoms with Crippen LogP contribution in [0.3, 0.4) is 0 Å². The van der Waals surface area contributed by atoms with Gasteiger partial charge in [0.15, 0.2) is 15.5 Å². The van der Waals surface area contributed by atoms with Gasteiger partial charge < -0.3 is 55.7 Å². The summed E-state index contributed by atoms with van der Waals surface area (Å²) in [7, 11) is 2.79. The molecular formula is C61H70BrF4N27O6S4. The molecule has 4 fully saturated rings. The predicted octanol–water partition coefficient (Wildman–Crippen LogP) is 6.45. The van der Waals surface area contributed by atoms with E-state index in [4.69, 9.17) is 26.7 Å². The second-order valence-electron chi connectivity index (χ2n) is 23.2. The number of hydrogen-bond acceptors (Lipinski definition) is 37. The number of ether oxygens (including phenoxy) is 4. The van der Waals surface area contributed by atoms with Gasteiger partial charge in [0.2, 0.25) is 34.1 Å². The maximum Gasteiger partial charge on any atom is 0.387 e. The zero-order valence-electron chi connectivity index (χ0n) is 55.3. The monoisotopic (exact) mass is 1560 g/mol. The van der Waals surface area contributed by atoms with Crippen LogP contribution in [0.1, 0.15) is 74.1 Å². The fourth-order valence-electron chi connectivity index (χ4n) is 11.3. The van der Waals surface area contributed by atoms with E-state index in [1.807, 2.05) is 0 Å². The Labute approximate surface area is 611 Å². The van der Waals surface area contributed by atoms with Gasteiger partial charge in [0, 0.05) is 91.9 Å². The summed E-state index contributed by atoms with van der Waals surface area (Å²) in [5.41, 5.74) is 17.4. The van der Waals surface area contributed by atoms with E-state index >= 15 is 0 Å². The molecule has 42 heteroatoms. The molecule has 0 spiro atoms. The summed E-state index contributed by atoms with van der Waals surface area (Å²) in [4.78, 5) is 50.8. The molecule has 6 N–H and O–H groups in total. The van der Waals surface area contributed by atoms with E-state index in [1.165, 1.54) is 96.0 Å². The lowest BCUT2D eigenvalue weighted by molar-refractivity contribution is -0.129. The van der Waals surface area contributed by atoms with Crippen LogP contribution in [0.5, 0.6) is 11.5 Å². The normalized spacial score (nSPS) is 17.5. The molecule has 14 rings (SSSR count). The molecule has 4 aliphatic rings. The van der Waals surface area contributed by atoms with Crippen LogP contribution in [0.25, 0.3) is 0 Å². The quantitative estimate of drug-likeness (QED) is 0.0547. The van der Waals surface area contributed by atoms with Gasteiger partial charge in [-0.2, -0.15) is 38.0 Å². The van der Waals surface area contributed by atoms with E-state index in [0.29, 0.717) is 73.0 Å². The molecule has 0 aliphatic carbocycles. The summed E-state index contributed by atoms with van der Waals surface area (Å²) >= 11 is 8.67. The predicted molar refractivity (Wildman–Crippen MR) is 375 cm³/mol. The molecule has 0 unspecified atom stereocenters. The Balaban J connectivity index is 0.000000151. The zero-order valence-corrected chi connectivity index (χ0v) is 60.2. The van der Waals surface area contributed by atoms with Crippen molar-refractivity contribution in [1.29, 1.82) is 0 Å². The number of aromatic nitrogens is 20. The van der Waals surface area contributed by atoms with Crippen LogP contribution in [-0.2, 0) is 51.2 Å². The van der Waals surface area contributed by atoms with Crippen LogP contribution < -0.4 is 46.3 Å².